The van der Waals surface area contributed by atoms with E-state index in [0.717, 1.165) is 4.47 Å². The quantitative estimate of drug-likeness (QED) is 0.0391. The summed E-state index contributed by atoms with van der Waals surface area (Å²) >= 11 is 15.2. The highest BCUT2D eigenvalue weighted by Crippen LogP contribution is 2.32. The van der Waals surface area contributed by atoms with E-state index >= 15 is 0 Å². The molecule has 0 unspecified atom stereocenters. The maximum absolute atomic E-state index is 13.1. The van der Waals surface area contributed by atoms with E-state index in [1.807, 2.05) is 0 Å². The molecule has 3 amide bonds. The number of amides is 3. The summed E-state index contributed by atoms with van der Waals surface area (Å²) in [6.07, 6.45) is 2.94. The number of anilines is 3. The average molecular weight is 1070 g/mol. The maximum Gasteiger partial charge on any atom is 0.258 e. The minimum absolute atomic E-state index is 0.0193. The monoisotopic (exact) mass is 1060 g/mol. The van der Waals surface area contributed by atoms with Crippen molar-refractivity contribution >= 4 is 95.8 Å². The van der Waals surface area contributed by atoms with Gasteiger partial charge in [0.1, 0.15) is 17.5 Å². The summed E-state index contributed by atoms with van der Waals surface area (Å²) in [6, 6.07) is 33.7. The van der Waals surface area contributed by atoms with Crippen molar-refractivity contribution in [3.8, 4) is 22.6 Å². The zero-order valence-electron chi connectivity index (χ0n) is 37.7. The lowest BCUT2D eigenvalue weighted by Gasteiger charge is -2.15. The van der Waals surface area contributed by atoms with Crippen LogP contribution in [0.3, 0.4) is 0 Å². The highest BCUT2D eigenvalue weighted by Gasteiger charge is 2.22. The van der Waals surface area contributed by atoms with Crippen LogP contribution >= 0.6 is 39.1 Å². The molecule has 70 heavy (non-hydrogen) atoms. The molecule has 2 heterocycles. The Morgan fingerprint density at radius 3 is 1.83 bits per heavy atom. The molecule has 358 valence electrons. The standard InChI is InChI=1S/C25H25BrN4O4.C25H18Cl2N4O4S/c1-30(2)24(27)16-7-5-15(6-8-16)20(31)11-17-12-21(33-3)22(34-4)13-19(17)25(32)29-23-10-9-18(26)14-28-23;26-17-9-11-21(20(13-17)25(33)31-23-12-10-18(27)14-29-23)30-24(32)16-7-5-15(6-8-16)19-3-1-2-4-22(19)36(28,34)35/h5-10,12-14,27H,11H2,1-4H3,(H,28,29,32);1-14H,(H,30,32)(H2,28,34,35)(H,29,31,33). The summed E-state index contributed by atoms with van der Waals surface area (Å²) in [7, 11) is 2.62. The number of halogens is 3. The summed E-state index contributed by atoms with van der Waals surface area (Å²) in [5.74, 6) is 0.173. The zero-order valence-corrected chi connectivity index (χ0v) is 41.6. The van der Waals surface area contributed by atoms with Gasteiger partial charge in [0.2, 0.25) is 10.0 Å². The number of nitrogens with one attached hydrogen (secondary N) is 4. The SMILES string of the molecule is COc1cc(CC(=O)c2ccc(C(=N)N(C)C)cc2)c(C(=O)Nc2ccc(Br)cn2)cc1OC.NS(=O)(=O)c1ccccc1-c1ccc(C(=O)Nc2ccc(Cl)cc2C(=O)Nc2ccc(Cl)cn2)cc1. The van der Waals surface area contributed by atoms with Crippen molar-refractivity contribution in [2.45, 2.75) is 11.3 Å². The largest absolute Gasteiger partial charge is 0.493 e. The number of amidine groups is 1. The third-order valence-electron chi connectivity index (χ3n) is 10.2. The summed E-state index contributed by atoms with van der Waals surface area (Å²) in [5.41, 5.74) is 3.58. The Bertz CT molecular complexity index is 3200. The highest BCUT2D eigenvalue weighted by atomic mass is 79.9. The van der Waals surface area contributed by atoms with Crippen molar-refractivity contribution in [1.82, 2.24) is 14.9 Å². The number of hydrogen-bond acceptors (Lipinski definition) is 11. The number of nitrogens with two attached hydrogens (primary N) is 1. The number of rotatable bonds is 14. The number of hydrogen-bond donors (Lipinski definition) is 5. The van der Waals surface area contributed by atoms with Gasteiger partial charge in [0, 0.05) is 70.2 Å². The van der Waals surface area contributed by atoms with E-state index in [2.05, 4.69) is 41.8 Å². The van der Waals surface area contributed by atoms with Crippen LogP contribution in [0.25, 0.3) is 11.1 Å². The molecule has 0 spiro atoms. The summed E-state index contributed by atoms with van der Waals surface area (Å²) in [5, 5.41) is 22.2. The number of pyridine rings is 2. The van der Waals surface area contributed by atoms with Crippen molar-refractivity contribution in [1.29, 1.82) is 5.41 Å². The van der Waals surface area contributed by atoms with Gasteiger partial charge in [-0.3, -0.25) is 24.6 Å². The van der Waals surface area contributed by atoms with Gasteiger partial charge in [-0.25, -0.2) is 23.5 Å². The average Bonchev–Trinajstić information content (AvgIpc) is 3.35. The second-order valence-corrected chi connectivity index (χ2v) is 18.5. The Hall–Kier alpha value is -7.48. The number of Topliss-reactive ketones (excluding diaryl/α,β-unsaturated/α-hetero) is 1. The van der Waals surface area contributed by atoms with E-state index in [9.17, 15) is 27.6 Å². The lowest BCUT2D eigenvalue weighted by atomic mass is 9.96. The van der Waals surface area contributed by atoms with Crippen molar-refractivity contribution < 1.29 is 37.1 Å². The third-order valence-corrected chi connectivity index (χ3v) is 12.1. The molecule has 0 saturated heterocycles. The predicted octanol–water partition coefficient (Wildman–Crippen LogP) is 9.63. The van der Waals surface area contributed by atoms with E-state index in [0.29, 0.717) is 61.0 Å². The first-order valence-electron chi connectivity index (χ1n) is 20.7. The Balaban J connectivity index is 0.000000230. The van der Waals surface area contributed by atoms with Crippen molar-refractivity contribution in [2.24, 2.45) is 5.14 Å². The van der Waals surface area contributed by atoms with Crippen molar-refractivity contribution in [2.75, 3.05) is 44.3 Å². The number of carbonyl (C=O) groups excluding carboxylic acids is 4. The molecule has 0 atom stereocenters. The van der Waals surface area contributed by atoms with Gasteiger partial charge in [0.25, 0.3) is 17.7 Å². The van der Waals surface area contributed by atoms with Gasteiger partial charge < -0.3 is 30.3 Å². The minimum atomic E-state index is -3.93. The summed E-state index contributed by atoms with van der Waals surface area (Å²) < 4.78 is 35.3. The molecule has 0 radical (unpaired) electrons. The predicted molar refractivity (Wildman–Crippen MR) is 274 cm³/mol. The molecule has 16 nitrogen and oxygen atoms in total. The van der Waals surface area contributed by atoms with Crippen LogP contribution in [0.15, 0.2) is 149 Å². The second-order valence-electron chi connectivity index (χ2n) is 15.2. The first kappa shape index (κ1) is 51.9. The van der Waals surface area contributed by atoms with Crippen LogP contribution in [0.2, 0.25) is 10.0 Å². The molecule has 0 bridgehead atoms. The second kappa shape index (κ2) is 23.2. The Morgan fingerprint density at radius 2 is 1.24 bits per heavy atom. The Kier molecular flexibility index (Phi) is 17.2. The first-order chi connectivity index (χ1) is 33.3. The number of sulfonamides is 1. The fraction of sp³-hybridized carbons (Fsp3) is 0.100. The smallest absolute Gasteiger partial charge is 0.258 e. The van der Waals surface area contributed by atoms with Crippen LogP contribution in [-0.4, -0.2) is 80.9 Å². The molecular weight excluding hydrogens is 1020 g/mol. The van der Waals surface area contributed by atoms with Crippen LogP contribution < -0.4 is 30.6 Å². The number of ether oxygens (including phenoxy) is 2. The first-order valence-corrected chi connectivity index (χ1v) is 23.8. The van der Waals surface area contributed by atoms with Gasteiger partial charge in [0.05, 0.1) is 35.4 Å². The Morgan fingerprint density at radius 1 is 0.671 bits per heavy atom. The number of ketones is 1. The van der Waals surface area contributed by atoms with Gasteiger partial charge in [-0.2, -0.15) is 0 Å². The Labute approximate surface area is 421 Å². The topological polar surface area (TPSA) is 236 Å². The number of benzene rings is 5. The van der Waals surface area contributed by atoms with Gasteiger partial charge in [-0.15, -0.1) is 0 Å². The molecule has 0 aliphatic rings. The number of methoxy groups -OCH3 is 2. The molecule has 2 aromatic heterocycles. The number of carbonyl (C=O) groups is 4. The van der Waals surface area contributed by atoms with Gasteiger partial charge >= 0.3 is 0 Å². The van der Waals surface area contributed by atoms with Crippen molar-refractivity contribution in [3.05, 3.63) is 188 Å². The van der Waals surface area contributed by atoms with Crippen LogP contribution in [0.1, 0.15) is 52.6 Å². The molecule has 0 saturated carbocycles. The molecule has 5 aromatic carbocycles. The van der Waals surface area contributed by atoms with Crippen molar-refractivity contribution in [3.63, 3.8) is 0 Å². The lowest BCUT2D eigenvalue weighted by molar-refractivity contribution is 0.0987. The molecule has 6 N–H and O–H groups in total. The molecular formula is C50H43BrCl2N8O8S. The molecule has 0 aliphatic heterocycles. The zero-order chi connectivity index (χ0) is 50.7. The van der Waals surface area contributed by atoms with Crippen LogP contribution in [0.5, 0.6) is 11.5 Å². The van der Waals surface area contributed by atoms with E-state index in [1.165, 1.54) is 50.7 Å². The van der Waals surface area contributed by atoms with E-state index in [4.69, 9.17) is 43.2 Å². The number of aromatic nitrogens is 2. The van der Waals surface area contributed by atoms with Gasteiger partial charge in [0.15, 0.2) is 17.3 Å². The maximum atomic E-state index is 13.1. The molecule has 7 aromatic rings. The van der Waals surface area contributed by atoms with Gasteiger partial charge in [-0.05, 0) is 99.9 Å². The van der Waals surface area contributed by atoms with Crippen LogP contribution in [0, 0.1) is 5.41 Å². The summed E-state index contributed by atoms with van der Waals surface area (Å²) in [6.45, 7) is 0. The fourth-order valence-corrected chi connectivity index (χ4v) is 7.93. The van der Waals surface area contributed by atoms with Gasteiger partial charge in [-0.1, -0.05) is 77.8 Å². The summed E-state index contributed by atoms with van der Waals surface area (Å²) in [4.78, 5) is 61.8. The van der Waals surface area contributed by atoms with Crippen LogP contribution in [-0.2, 0) is 16.4 Å². The molecule has 20 heteroatoms. The molecule has 0 aliphatic carbocycles. The van der Waals surface area contributed by atoms with E-state index in [1.54, 1.807) is 122 Å². The molecule has 0 fully saturated rings. The normalized spacial score (nSPS) is 10.7. The lowest BCUT2D eigenvalue weighted by Crippen LogP contribution is -2.21. The van der Waals surface area contributed by atoms with E-state index in [-0.39, 0.29) is 45.3 Å². The van der Waals surface area contributed by atoms with Crippen LogP contribution in [0.4, 0.5) is 17.3 Å². The fourth-order valence-electron chi connectivity index (χ4n) is 6.65. The third kappa shape index (κ3) is 13.4. The minimum Gasteiger partial charge on any atom is -0.493 e. The number of primary sulfonamides is 1. The van der Waals surface area contributed by atoms with E-state index < -0.39 is 27.7 Å². The molecule has 7 rings (SSSR count). The number of nitrogens with zero attached hydrogens (tertiary/aromatic N) is 3. The highest BCUT2D eigenvalue weighted by molar-refractivity contribution is 9.10.